The van der Waals surface area contributed by atoms with Gasteiger partial charge < -0.3 is 26.6 Å². The number of Topliss-reactive ketones (excluding diaryl/α,β-unsaturated/α-hetero) is 1. The van der Waals surface area contributed by atoms with Crippen molar-refractivity contribution < 1.29 is 15.0 Å². The fourth-order valence-electron chi connectivity index (χ4n) is 8.76. The maximum atomic E-state index is 14.5. The Morgan fingerprint density at radius 2 is 2.00 bits per heavy atom. The molecule has 7 atom stereocenters. The second-order valence-electron chi connectivity index (χ2n) is 14.2. The maximum Gasteiger partial charge on any atom is 0.188 e. The summed E-state index contributed by atoms with van der Waals surface area (Å²) in [5.74, 6) is 14.6. The number of hydrogen-bond acceptors (Lipinski definition) is 7. The molecule has 9 heteroatoms. The average molecular weight is 693 g/mol. The molecule has 0 saturated heterocycles. The third kappa shape index (κ3) is 6.53. The fraction of sp³-hybridized carbons (Fsp3) is 0.450. The van der Waals surface area contributed by atoms with Crippen molar-refractivity contribution in [1.29, 1.82) is 0 Å². The third-order valence-electron chi connectivity index (χ3n) is 11.2. The van der Waals surface area contributed by atoms with E-state index >= 15 is 0 Å². The van der Waals surface area contributed by atoms with Crippen molar-refractivity contribution in [2.75, 3.05) is 12.4 Å². The lowest BCUT2D eigenvalue weighted by Gasteiger charge is -2.47. The number of nitrogens with two attached hydrogens (primary N) is 1. The summed E-state index contributed by atoms with van der Waals surface area (Å²) < 4.78 is 0. The van der Waals surface area contributed by atoms with Crippen LogP contribution < -0.4 is 16.4 Å². The van der Waals surface area contributed by atoms with E-state index in [-0.39, 0.29) is 40.9 Å². The minimum Gasteiger partial charge on any atom is -0.507 e. The van der Waals surface area contributed by atoms with Gasteiger partial charge in [0, 0.05) is 40.7 Å². The van der Waals surface area contributed by atoms with Gasteiger partial charge in [0.15, 0.2) is 11.7 Å². The highest BCUT2D eigenvalue weighted by Crippen LogP contribution is 2.58. The molecule has 2 saturated carbocycles. The van der Waals surface area contributed by atoms with Crippen LogP contribution in [-0.4, -0.2) is 47.2 Å². The minimum absolute atomic E-state index is 0.0319. The number of aromatic hydroxyl groups is 1. The van der Waals surface area contributed by atoms with Crippen molar-refractivity contribution in [3.63, 3.8) is 0 Å². The summed E-state index contributed by atoms with van der Waals surface area (Å²) in [6.45, 7) is 3.61. The molecule has 7 nitrogen and oxygen atoms in total. The second-order valence-corrected chi connectivity index (χ2v) is 16.4. The number of anilines is 1. The molecule has 3 aliphatic carbocycles. The second kappa shape index (κ2) is 13.7. The molecule has 3 heterocycles. The maximum absolute atomic E-state index is 14.5. The molecular formula is C40H44N4O3S2. The molecular weight excluding hydrogens is 649 g/mol. The summed E-state index contributed by atoms with van der Waals surface area (Å²) in [6, 6.07) is 9.79. The number of phenols is 1. The fourth-order valence-corrected chi connectivity index (χ4v) is 10.8. The van der Waals surface area contributed by atoms with E-state index in [1.807, 2.05) is 31.2 Å². The quantitative estimate of drug-likeness (QED) is 0.0848. The van der Waals surface area contributed by atoms with Crippen LogP contribution in [0.1, 0.15) is 90.0 Å². The third-order valence-corrected chi connectivity index (χ3v) is 13.5. The minimum atomic E-state index is -0.606. The van der Waals surface area contributed by atoms with Gasteiger partial charge >= 0.3 is 0 Å². The zero-order chi connectivity index (χ0) is 34.3. The topological polar surface area (TPSA) is 120 Å². The molecule has 1 aliphatic heterocycles. The highest BCUT2D eigenvalue weighted by Gasteiger charge is 2.52. The first kappa shape index (κ1) is 33.5. The van der Waals surface area contributed by atoms with Crippen molar-refractivity contribution in [1.82, 2.24) is 5.32 Å². The van der Waals surface area contributed by atoms with E-state index in [1.54, 1.807) is 36.6 Å². The molecule has 1 spiro atoms. The van der Waals surface area contributed by atoms with Crippen LogP contribution >= 0.6 is 22.7 Å². The van der Waals surface area contributed by atoms with E-state index in [1.165, 1.54) is 0 Å². The van der Waals surface area contributed by atoms with Gasteiger partial charge in [0.2, 0.25) is 0 Å². The number of guanidine groups is 1. The highest BCUT2D eigenvalue weighted by atomic mass is 32.1. The van der Waals surface area contributed by atoms with Gasteiger partial charge in [-0.15, -0.1) is 28.6 Å². The van der Waals surface area contributed by atoms with Gasteiger partial charge in [0.1, 0.15) is 5.75 Å². The Bertz CT molecular complexity index is 1950. The highest BCUT2D eigenvalue weighted by molar-refractivity contribution is 7.23. The van der Waals surface area contributed by atoms with E-state index in [4.69, 9.17) is 5.73 Å². The van der Waals surface area contributed by atoms with Crippen LogP contribution in [0.4, 0.5) is 5.69 Å². The summed E-state index contributed by atoms with van der Waals surface area (Å²) in [5, 5.41) is 28.6. The molecule has 2 aromatic heterocycles. The van der Waals surface area contributed by atoms with Crippen molar-refractivity contribution in [3.8, 4) is 39.2 Å². The van der Waals surface area contributed by atoms with E-state index in [0.29, 0.717) is 23.9 Å². The Kier molecular flexibility index (Phi) is 9.37. The Morgan fingerprint density at radius 1 is 1.18 bits per heavy atom. The SMILES string of the molecule is CC#Cc1ccc(-c2ccc(C(=O)[C@H]3CCC4C[C@@]35CC[C@H](CC#Cc3c(cc(O)c6c3N[C@H]([C@H](C)O)C=C6)C[C@H]4NC(N)=NC)C5)s2)s1. The van der Waals surface area contributed by atoms with Crippen molar-refractivity contribution in [2.45, 2.75) is 83.4 Å². The molecule has 6 N–H and O–H groups in total. The summed E-state index contributed by atoms with van der Waals surface area (Å²) in [7, 11) is 1.69. The monoisotopic (exact) mass is 692 g/mol. The number of hydrogen-bond donors (Lipinski definition) is 5. The Hall–Kier alpha value is -4.02. The summed E-state index contributed by atoms with van der Waals surface area (Å²) >= 11 is 3.28. The first-order chi connectivity index (χ1) is 23.7. The van der Waals surface area contributed by atoms with Gasteiger partial charge in [-0.05, 0) is 112 Å². The number of carbonyl (C=O) groups is 1. The van der Waals surface area contributed by atoms with Crippen LogP contribution in [-0.2, 0) is 6.42 Å². The molecule has 4 aliphatic rings. The van der Waals surface area contributed by atoms with Gasteiger partial charge in [-0.3, -0.25) is 9.79 Å². The molecule has 1 unspecified atom stereocenters. The van der Waals surface area contributed by atoms with Crippen LogP contribution in [0.5, 0.6) is 5.75 Å². The van der Waals surface area contributed by atoms with E-state index < -0.39 is 6.10 Å². The normalized spacial score (nSPS) is 27.8. The van der Waals surface area contributed by atoms with Crippen molar-refractivity contribution in [2.24, 2.45) is 33.9 Å². The number of nitrogens with one attached hydrogen (secondary N) is 2. The number of carbonyl (C=O) groups excluding carboxylic acids is 1. The predicted octanol–water partition coefficient (Wildman–Crippen LogP) is 7.03. The standard InChI is InChI=1S/C40H44N4O3S2/c1-4-6-27-10-14-34(48-27)35-15-16-36(49-35)38(47)30-12-9-25-22-40(30)18-17-24(21-40)7-5-8-28-26(19-32(25)44-39(41)42-3)20-33(46)29-11-13-31(23(2)45)43-37(28)29/h10-11,13-16,20,23-25,30-32,43,45-46H,7,9,12,17-19,21-22H2,1-3H3,(H3,41,42,44)/t23-,24-,25?,30+,31-,32+,40-/m0/s1. The molecule has 1 aromatic carbocycles. The zero-order valence-electron chi connectivity index (χ0n) is 28.3. The summed E-state index contributed by atoms with van der Waals surface area (Å²) in [6.07, 6.45) is 10.2. The number of aliphatic hydroxyl groups excluding tert-OH is 1. The molecule has 7 rings (SSSR count). The number of thiophene rings is 2. The number of benzene rings is 1. The van der Waals surface area contributed by atoms with Crippen LogP contribution in [0.2, 0.25) is 0 Å². The van der Waals surface area contributed by atoms with E-state index in [9.17, 15) is 15.0 Å². The molecule has 49 heavy (non-hydrogen) atoms. The molecule has 3 bridgehead atoms. The first-order valence-corrected chi connectivity index (χ1v) is 19.0. The average Bonchev–Trinajstić information content (AvgIpc) is 3.86. The van der Waals surface area contributed by atoms with Gasteiger partial charge in [-0.1, -0.05) is 29.9 Å². The number of fused-ring (bicyclic) bond motifs is 5. The Balaban J connectivity index is 1.23. The van der Waals surface area contributed by atoms with Gasteiger partial charge in [0.25, 0.3) is 0 Å². The van der Waals surface area contributed by atoms with Crippen LogP contribution in [0, 0.1) is 46.9 Å². The zero-order valence-corrected chi connectivity index (χ0v) is 29.9. The number of aliphatic hydroxyl groups is 1. The van der Waals surface area contributed by atoms with Crippen LogP contribution in [0.3, 0.4) is 0 Å². The summed E-state index contributed by atoms with van der Waals surface area (Å²) in [4.78, 5) is 22.9. The molecule has 254 valence electrons. The van der Waals surface area contributed by atoms with Gasteiger partial charge in [-0.2, -0.15) is 0 Å². The Morgan fingerprint density at radius 3 is 2.80 bits per heavy atom. The molecule has 0 radical (unpaired) electrons. The number of nitrogens with zero attached hydrogens (tertiary/aromatic N) is 1. The largest absolute Gasteiger partial charge is 0.507 e. The van der Waals surface area contributed by atoms with Crippen LogP contribution in [0.25, 0.3) is 15.8 Å². The number of aliphatic imine (C=N–C) groups is 1. The van der Waals surface area contributed by atoms with Crippen molar-refractivity contribution in [3.05, 3.63) is 62.9 Å². The smallest absolute Gasteiger partial charge is 0.188 e. The van der Waals surface area contributed by atoms with E-state index in [0.717, 1.165) is 81.3 Å². The Labute approximate surface area is 297 Å². The number of rotatable bonds is 5. The lowest BCUT2D eigenvalue weighted by atomic mass is 9.58. The van der Waals surface area contributed by atoms with Crippen molar-refractivity contribution >= 4 is 46.2 Å². The van der Waals surface area contributed by atoms with Gasteiger partial charge in [0.05, 0.1) is 33.2 Å². The lowest BCUT2D eigenvalue weighted by Crippen LogP contribution is -2.50. The van der Waals surface area contributed by atoms with E-state index in [2.05, 4.69) is 57.5 Å². The van der Waals surface area contributed by atoms with Crippen LogP contribution in [0.15, 0.2) is 41.4 Å². The number of phenolic OH excluding ortho intramolecular Hbond substituents is 1. The summed E-state index contributed by atoms with van der Waals surface area (Å²) in [5.41, 5.74) is 9.51. The molecule has 3 aromatic rings. The lowest BCUT2D eigenvalue weighted by molar-refractivity contribution is 0.0390. The predicted molar refractivity (Wildman–Crippen MR) is 201 cm³/mol. The van der Waals surface area contributed by atoms with Gasteiger partial charge in [-0.25, -0.2) is 0 Å². The number of ketones is 1. The first-order valence-electron chi connectivity index (χ1n) is 17.3. The molecule has 0 amide bonds. The molecule has 2 fully saturated rings.